The van der Waals surface area contributed by atoms with Crippen LogP contribution >= 0.6 is 11.6 Å². The van der Waals surface area contributed by atoms with Crippen LogP contribution in [0.3, 0.4) is 0 Å². The van der Waals surface area contributed by atoms with Crippen LogP contribution in [0.4, 0.5) is 0 Å². The number of ether oxygens (including phenoxy) is 1. The molecule has 2 amide bonds. The van der Waals surface area contributed by atoms with Crippen molar-refractivity contribution in [3.05, 3.63) is 64.2 Å². The Hall–Kier alpha value is -2.53. The first kappa shape index (κ1) is 18.8. The third kappa shape index (κ3) is 3.47. The summed E-state index contributed by atoms with van der Waals surface area (Å²) in [6.07, 6.45) is 3.32. The maximum absolute atomic E-state index is 13.1. The molecule has 1 N–H and O–H groups in total. The molecule has 2 atom stereocenters. The Morgan fingerprint density at radius 3 is 2.82 bits per heavy atom. The van der Waals surface area contributed by atoms with Gasteiger partial charge in [-0.1, -0.05) is 35.9 Å². The molecule has 28 heavy (non-hydrogen) atoms. The van der Waals surface area contributed by atoms with Gasteiger partial charge in [0, 0.05) is 11.6 Å². The average Bonchev–Trinajstić information content (AvgIpc) is 3.35. The number of aryl methyl sites for hydroxylation is 1. The SMILES string of the molecule is COc1ccc(Cl)cc1C(=O)N1CCCC1C(=O)NC1CCc2ccccc21. The van der Waals surface area contributed by atoms with Crippen LogP contribution in [0.5, 0.6) is 5.75 Å². The van der Waals surface area contributed by atoms with Crippen molar-refractivity contribution in [2.45, 2.75) is 37.8 Å². The molecule has 1 fully saturated rings. The van der Waals surface area contributed by atoms with Crippen LogP contribution in [0.1, 0.15) is 46.8 Å². The summed E-state index contributed by atoms with van der Waals surface area (Å²) in [7, 11) is 1.52. The minimum Gasteiger partial charge on any atom is -0.496 e. The van der Waals surface area contributed by atoms with E-state index in [-0.39, 0.29) is 17.9 Å². The molecule has 1 aliphatic heterocycles. The summed E-state index contributed by atoms with van der Waals surface area (Å²) in [5.41, 5.74) is 2.86. The summed E-state index contributed by atoms with van der Waals surface area (Å²) < 4.78 is 5.32. The quantitative estimate of drug-likeness (QED) is 0.853. The number of methoxy groups -OCH3 is 1. The third-order valence-corrected chi connectivity index (χ3v) is 5.89. The van der Waals surface area contributed by atoms with E-state index in [4.69, 9.17) is 16.3 Å². The van der Waals surface area contributed by atoms with Gasteiger partial charge in [0.05, 0.1) is 18.7 Å². The minimum absolute atomic E-state index is 0.0157. The lowest BCUT2D eigenvalue weighted by Crippen LogP contribution is -2.46. The van der Waals surface area contributed by atoms with E-state index >= 15 is 0 Å². The summed E-state index contributed by atoms with van der Waals surface area (Å²) in [4.78, 5) is 27.8. The highest BCUT2D eigenvalue weighted by Gasteiger charge is 2.37. The molecule has 0 saturated carbocycles. The topological polar surface area (TPSA) is 58.6 Å². The summed E-state index contributed by atoms with van der Waals surface area (Å²) in [5.74, 6) is 0.155. The Morgan fingerprint density at radius 2 is 2.00 bits per heavy atom. The fourth-order valence-electron chi connectivity index (χ4n) is 4.26. The Bertz CT molecular complexity index is 914. The first-order valence-electron chi connectivity index (χ1n) is 9.61. The number of hydrogen-bond donors (Lipinski definition) is 1. The molecule has 146 valence electrons. The van der Waals surface area contributed by atoms with E-state index in [0.717, 1.165) is 19.3 Å². The van der Waals surface area contributed by atoms with Crippen molar-refractivity contribution < 1.29 is 14.3 Å². The molecule has 5 nitrogen and oxygen atoms in total. The fraction of sp³-hybridized carbons (Fsp3) is 0.364. The largest absolute Gasteiger partial charge is 0.496 e. The van der Waals surface area contributed by atoms with Gasteiger partial charge in [0.15, 0.2) is 0 Å². The van der Waals surface area contributed by atoms with Crippen LogP contribution in [0.15, 0.2) is 42.5 Å². The van der Waals surface area contributed by atoms with Gasteiger partial charge in [-0.05, 0) is 55.0 Å². The molecule has 1 aliphatic carbocycles. The lowest BCUT2D eigenvalue weighted by atomic mass is 10.1. The smallest absolute Gasteiger partial charge is 0.258 e. The molecule has 4 rings (SSSR count). The highest BCUT2D eigenvalue weighted by molar-refractivity contribution is 6.31. The van der Waals surface area contributed by atoms with Crippen molar-refractivity contribution in [2.24, 2.45) is 0 Å². The molecule has 2 aliphatic rings. The number of amides is 2. The summed E-state index contributed by atoms with van der Waals surface area (Å²) in [6, 6.07) is 12.7. The lowest BCUT2D eigenvalue weighted by molar-refractivity contribution is -0.125. The number of likely N-dealkylation sites (tertiary alicyclic amines) is 1. The minimum atomic E-state index is -0.469. The van der Waals surface area contributed by atoms with E-state index in [1.165, 1.54) is 18.2 Å². The van der Waals surface area contributed by atoms with Crippen molar-refractivity contribution in [1.82, 2.24) is 10.2 Å². The molecular formula is C22H23ClN2O3. The van der Waals surface area contributed by atoms with Crippen molar-refractivity contribution in [3.8, 4) is 5.75 Å². The fourth-order valence-corrected chi connectivity index (χ4v) is 4.43. The number of halogens is 1. The third-order valence-electron chi connectivity index (χ3n) is 5.66. The first-order valence-corrected chi connectivity index (χ1v) is 9.99. The van der Waals surface area contributed by atoms with Gasteiger partial charge < -0.3 is 15.0 Å². The van der Waals surface area contributed by atoms with Crippen LogP contribution in [0.2, 0.25) is 5.02 Å². The molecule has 6 heteroatoms. The van der Waals surface area contributed by atoms with Gasteiger partial charge >= 0.3 is 0 Å². The molecule has 0 radical (unpaired) electrons. The molecule has 2 aromatic carbocycles. The number of carbonyl (C=O) groups excluding carboxylic acids is 2. The Balaban J connectivity index is 1.52. The van der Waals surface area contributed by atoms with Crippen LogP contribution in [0.25, 0.3) is 0 Å². The predicted molar refractivity (Wildman–Crippen MR) is 108 cm³/mol. The number of benzene rings is 2. The van der Waals surface area contributed by atoms with Crippen LogP contribution in [-0.2, 0) is 11.2 Å². The average molecular weight is 399 g/mol. The van der Waals surface area contributed by atoms with Gasteiger partial charge in [-0.25, -0.2) is 0 Å². The Labute approximate surface area is 169 Å². The zero-order chi connectivity index (χ0) is 19.7. The number of nitrogens with one attached hydrogen (secondary N) is 1. The number of fused-ring (bicyclic) bond motifs is 1. The van der Waals surface area contributed by atoms with Crippen LogP contribution in [0, 0.1) is 0 Å². The molecular weight excluding hydrogens is 376 g/mol. The van der Waals surface area contributed by atoms with Gasteiger partial charge in [0.1, 0.15) is 11.8 Å². The molecule has 0 aromatic heterocycles. The van der Waals surface area contributed by atoms with Crippen LogP contribution < -0.4 is 10.1 Å². The number of rotatable bonds is 4. The van der Waals surface area contributed by atoms with Gasteiger partial charge in [0.2, 0.25) is 5.91 Å². The zero-order valence-corrected chi connectivity index (χ0v) is 16.5. The number of hydrogen-bond acceptors (Lipinski definition) is 3. The second-order valence-electron chi connectivity index (χ2n) is 7.30. The second kappa shape index (κ2) is 7.84. The Morgan fingerprint density at radius 1 is 1.18 bits per heavy atom. The molecule has 1 heterocycles. The molecule has 1 saturated heterocycles. The number of carbonyl (C=O) groups is 2. The van der Waals surface area contributed by atoms with Crippen molar-refractivity contribution >= 4 is 23.4 Å². The summed E-state index contributed by atoms with van der Waals surface area (Å²) in [5, 5.41) is 3.63. The molecule has 2 unspecified atom stereocenters. The molecule has 0 spiro atoms. The molecule has 0 bridgehead atoms. The van der Waals surface area contributed by atoms with E-state index in [1.807, 2.05) is 12.1 Å². The predicted octanol–water partition coefficient (Wildman–Crippen LogP) is 3.76. The van der Waals surface area contributed by atoms with E-state index in [2.05, 4.69) is 17.4 Å². The highest BCUT2D eigenvalue weighted by Crippen LogP contribution is 2.32. The van der Waals surface area contributed by atoms with Gasteiger partial charge in [0.25, 0.3) is 5.91 Å². The number of nitrogens with zero attached hydrogens (tertiary/aromatic N) is 1. The van der Waals surface area contributed by atoms with E-state index in [1.54, 1.807) is 23.1 Å². The highest BCUT2D eigenvalue weighted by atomic mass is 35.5. The van der Waals surface area contributed by atoms with Gasteiger partial charge in [-0.3, -0.25) is 9.59 Å². The Kier molecular flexibility index (Phi) is 5.27. The van der Waals surface area contributed by atoms with Crippen molar-refractivity contribution in [1.29, 1.82) is 0 Å². The lowest BCUT2D eigenvalue weighted by Gasteiger charge is -2.26. The standard InChI is InChI=1S/C22H23ClN2O3/c1-28-20-11-9-15(23)13-17(20)22(27)25-12-4-7-19(25)21(26)24-18-10-8-14-5-2-3-6-16(14)18/h2-3,5-6,9,11,13,18-19H,4,7-8,10,12H2,1H3,(H,24,26). The monoisotopic (exact) mass is 398 g/mol. The van der Waals surface area contributed by atoms with E-state index in [9.17, 15) is 9.59 Å². The van der Waals surface area contributed by atoms with Crippen molar-refractivity contribution in [3.63, 3.8) is 0 Å². The molecule has 2 aromatic rings. The second-order valence-corrected chi connectivity index (χ2v) is 7.74. The van der Waals surface area contributed by atoms with Gasteiger partial charge in [-0.2, -0.15) is 0 Å². The van der Waals surface area contributed by atoms with Crippen LogP contribution in [-0.4, -0.2) is 36.4 Å². The maximum Gasteiger partial charge on any atom is 0.258 e. The van der Waals surface area contributed by atoms with E-state index in [0.29, 0.717) is 29.3 Å². The van der Waals surface area contributed by atoms with Crippen molar-refractivity contribution in [2.75, 3.05) is 13.7 Å². The zero-order valence-electron chi connectivity index (χ0n) is 15.8. The van der Waals surface area contributed by atoms with Gasteiger partial charge in [-0.15, -0.1) is 0 Å². The first-order chi connectivity index (χ1) is 13.6. The van der Waals surface area contributed by atoms with E-state index < -0.39 is 6.04 Å². The summed E-state index contributed by atoms with van der Waals surface area (Å²) >= 11 is 6.08. The normalized spacial score (nSPS) is 20.7. The maximum atomic E-state index is 13.1. The summed E-state index contributed by atoms with van der Waals surface area (Å²) in [6.45, 7) is 0.549.